The molecule has 0 spiro atoms. The maximum absolute atomic E-state index is 10.9. The van der Waals surface area contributed by atoms with Crippen LogP contribution < -0.4 is 0 Å². The number of carboxylic acids is 1. The maximum atomic E-state index is 10.9. The summed E-state index contributed by atoms with van der Waals surface area (Å²) in [6.45, 7) is 1.47. The Morgan fingerprint density at radius 1 is 1.62 bits per heavy atom. The van der Waals surface area contributed by atoms with Gasteiger partial charge in [-0.25, -0.2) is 4.79 Å². The van der Waals surface area contributed by atoms with Gasteiger partial charge in [0, 0.05) is 6.07 Å². The molecule has 0 saturated heterocycles. The molecule has 0 amide bonds. The summed E-state index contributed by atoms with van der Waals surface area (Å²) in [7, 11) is 0. The van der Waals surface area contributed by atoms with Crippen LogP contribution in [-0.2, 0) is 9.63 Å². The Morgan fingerprint density at radius 2 is 2.31 bits per heavy atom. The fraction of sp³-hybridized carbons (Fsp3) is 0.333. The van der Waals surface area contributed by atoms with E-state index in [0.29, 0.717) is 16.1 Å². The van der Waals surface area contributed by atoms with Gasteiger partial charge in [-0.15, -0.1) is 0 Å². The van der Waals surface area contributed by atoms with E-state index in [1.807, 2.05) is 0 Å². The van der Waals surface area contributed by atoms with Gasteiger partial charge in [-0.3, -0.25) is 0 Å². The number of furan rings is 1. The highest BCUT2D eigenvalue weighted by Gasteiger charge is 2.43. The first-order valence-corrected chi connectivity index (χ1v) is 5.94. The zero-order valence-electron chi connectivity index (χ0n) is 8.16. The number of hydrogen-bond acceptors (Lipinski definition) is 4. The summed E-state index contributed by atoms with van der Waals surface area (Å²) >= 11 is 6.46. The Morgan fingerprint density at radius 3 is 2.75 bits per heavy atom. The van der Waals surface area contributed by atoms with Gasteiger partial charge in [-0.1, -0.05) is 5.16 Å². The van der Waals surface area contributed by atoms with Crippen molar-refractivity contribution in [2.45, 2.75) is 18.9 Å². The Hall–Kier alpha value is -0.820. The number of hydrogen-bond donors (Lipinski definition) is 1. The SMILES string of the molecule is CC1(C(=O)O)CC(c2cc(Br)c(Br)o2)=NO1. The van der Waals surface area contributed by atoms with Gasteiger partial charge in [0.1, 0.15) is 5.71 Å². The average Bonchev–Trinajstić information content (AvgIpc) is 2.73. The Labute approximate surface area is 108 Å². The van der Waals surface area contributed by atoms with Gasteiger partial charge in [0.15, 0.2) is 10.4 Å². The van der Waals surface area contributed by atoms with Gasteiger partial charge in [-0.2, -0.15) is 0 Å². The van der Waals surface area contributed by atoms with Crippen LogP contribution in [0.1, 0.15) is 19.1 Å². The first-order chi connectivity index (χ1) is 7.42. The second kappa shape index (κ2) is 3.89. The minimum Gasteiger partial charge on any atom is -0.478 e. The minimum atomic E-state index is -1.30. The van der Waals surface area contributed by atoms with Gasteiger partial charge in [-0.05, 0) is 38.8 Å². The number of oxime groups is 1. The largest absolute Gasteiger partial charge is 0.478 e. The molecule has 0 radical (unpaired) electrons. The van der Waals surface area contributed by atoms with Crippen LogP contribution in [0.3, 0.4) is 0 Å². The molecule has 0 aromatic carbocycles. The molecule has 0 bridgehead atoms. The molecular formula is C9H7Br2NO4. The van der Waals surface area contributed by atoms with Crippen LogP contribution in [0.4, 0.5) is 0 Å². The van der Waals surface area contributed by atoms with Gasteiger partial charge < -0.3 is 14.4 Å². The number of carboxylic acid groups (broad SMARTS) is 1. The fourth-order valence-corrected chi connectivity index (χ4v) is 1.85. The average molecular weight is 353 g/mol. The molecule has 0 fully saturated rings. The summed E-state index contributed by atoms with van der Waals surface area (Å²) in [5, 5.41) is 12.7. The number of rotatable bonds is 2. The second-order valence-electron chi connectivity index (χ2n) is 3.57. The zero-order chi connectivity index (χ0) is 11.9. The van der Waals surface area contributed by atoms with Crippen molar-refractivity contribution in [1.82, 2.24) is 0 Å². The molecule has 1 N–H and O–H groups in total. The highest BCUT2D eigenvalue weighted by molar-refractivity contribution is 9.13. The molecule has 7 heteroatoms. The lowest BCUT2D eigenvalue weighted by Crippen LogP contribution is -2.35. The van der Waals surface area contributed by atoms with Crippen molar-refractivity contribution in [3.63, 3.8) is 0 Å². The summed E-state index contributed by atoms with van der Waals surface area (Å²) in [5.41, 5.74) is -0.822. The zero-order valence-corrected chi connectivity index (χ0v) is 11.3. The van der Waals surface area contributed by atoms with E-state index in [-0.39, 0.29) is 6.42 Å². The molecule has 1 aromatic heterocycles. The second-order valence-corrected chi connectivity index (χ2v) is 5.15. The van der Waals surface area contributed by atoms with Gasteiger partial charge >= 0.3 is 5.97 Å². The van der Waals surface area contributed by atoms with E-state index in [0.717, 1.165) is 4.47 Å². The lowest BCUT2D eigenvalue weighted by Gasteiger charge is -2.14. The predicted octanol–water partition coefficient (Wildman–Crippen LogP) is 2.77. The Balaban J connectivity index is 2.24. The third-order valence-electron chi connectivity index (χ3n) is 2.24. The summed E-state index contributed by atoms with van der Waals surface area (Å²) in [5.74, 6) is -0.556. The first kappa shape index (κ1) is 11.7. The molecule has 2 rings (SSSR count). The molecule has 2 heterocycles. The molecular weight excluding hydrogens is 346 g/mol. The number of aliphatic carboxylic acids is 1. The van der Waals surface area contributed by atoms with Crippen LogP contribution in [0.5, 0.6) is 0 Å². The summed E-state index contributed by atoms with van der Waals surface area (Å²) < 4.78 is 6.62. The number of halogens is 2. The maximum Gasteiger partial charge on any atom is 0.351 e. The number of carbonyl (C=O) groups is 1. The van der Waals surface area contributed by atoms with Crippen molar-refractivity contribution >= 4 is 43.5 Å². The minimum absolute atomic E-state index is 0.175. The molecule has 0 saturated carbocycles. The van der Waals surface area contributed by atoms with Crippen LogP contribution in [0.25, 0.3) is 0 Å². The quantitative estimate of drug-likeness (QED) is 0.888. The fourth-order valence-electron chi connectivity index (χ4n) is 1.28. The van der Waals surface area contributed by atoms with E-state index >= 15 is 0 Å². The Kier molecular flexibility index (Phi) is 2.83. The highest BCUT2D eigenvalue weighted by Crippen LogP contribution is 2.32. The smallest absolute Gasteiger partial charge is 0.351 e. The summed E-state index contributed by atoms with van der Waals surface area (Å²) in [6, 6.07) is 1.71. The normalized spacial score (nSPS) is 24.1. The predicted molar refractivity (Wildman–Crippen MR) is 62.4 cm³/mol. The monoisotopic (exact) mass is 351 g/mol. The molecule has 5 nitrogen and oxygen atoms in total. The van der Waals surface area contributed by atoms with Crippen LogP contribution in [0.2, 0.25) is 0 Å². The van der Waals surface area contributed by atoms with E-state index < -0.39 is 11.6 Å². The van der Waals surface area contributed by atoms with Crippen molar-refractivity contribution in [3.05, 3.63) is 21.0 Å². The van der Waals surface area contributed by atoms with E-state index in [2.05, 4.69) is 37.0 Å². The molecule has 0 aliphatic carbocycles. The topological polar surface area (TPSA) is 72.0 Å². The van der Waals surface area contributed by atoms with Crippen LogP contribution in [0.15, 0.2) is 24.8 Å². The van der Waals surface area contributed by atoms with Crippen molar-refractivity contribution in [2.75, 3.05) is 0 Å². The standard InChI is InChI=1S/C9H7Br2NO4/c1-9(8(13)14)3-5(12-16-9)6-2-4(10)7(11)15-6/h2H,3H2,1H3,(H,13,14). The van der Waals surface area contributed by atoms with E-state index in [1.165, 1.54) is 6.92 Å². The van der Waals surface area contributed by atoms with Crippen LogP contribution >= 0.6 is 31.9 Å². The first-order valence-electron chi connectivity index (χ1n) is 4.36. The van der Waals surface area contributed by atoms with E-state index in [9.17, 15) is 4.79 Å². The molecule has 16 heavy (non-hydrogen) atoms. The van der Waals surface area contributed by atoms with Crippen molar-refractivity contribution in [3.8, 4) is 0 Å². The van der Waals surface area contributed by atoms with Crippen LogP contribution in [0, 0.1) is 0 Å². The van der Waals surface area contributed by atoms with Crippen molar-refractivity contribution in [1.29, 1.82) is 0 Å². The molecule has 1 aromatic rings. The molecule has 86 valence electrons. The van der Waals surface area contributed by atoms with E-state index in [1.54, 1.807) is 6.07 Å². The van der Waals surface area contributed by atoms with Gasteiger partial charge in [0.25, 0.3) is 0 Å². The van der Waals surface area contributed by atoms with Crippen molar-refractivity contribution in [2.24, 2.45) is 5.16 Å². The highest BCUT2D eigenvalue weighted by atomic mass is 79.9. The molecule has 1 unspecified atom stereocenters. The van der Waals surface area contributed by atoms with E-state index in [4.69, 9.17) is 14.4 Å². The lowest BCUT2D eigenvalue weighted by atomic mass is 9.99. The third-order valence-corrected chi connectivity index (χ3v) is 3.95. The molecule has 1 aliphatic heterocycles. The van der Waals surface area contributed by atoms with Crippen LogP contribution in [-0.4, -0.2) is 22.4 Å². The number of nitrogens with zero attached hydrogens (tertiary/aromatic N) is 1. The Bertz CT molecular complexity index is 462. The van der Waals surface area contributed by atoms with Gasteiger partial charge in [0.2, 0.25) is 5.60 Å². The summed E-state index contributed by atoms with van der Waals surface area (Å²) in [4.78, 5) is 15.8. The third kappa shape index (κ3) is 1.89. The lowest BCUT2D eigenvalue weighted by molar-refractivity contribution is -0.160. The molecule has 1 atom stereocenters. The van der Waals surface area contributed by atoms with Gasteiger partial charge in [0.05, 0.1) is 10.9 Å². The molecule has 1 aliphatic rings. The van der Waals surface area contributed by atoms with Crippen molar-refractivity contribution < 1.29 is 19.2 Å². The summed E-state index contributed by atoms with van der Waals surface area (Å²) in [6.07, 6.45) is 0.175.